The first-order valence-corrected chi connectivity index (χ1v) is 5.46. The summed E-state index contributed by atoms with van der Waals surface area (Å²) in [4.78, 5) is 4.46. The van der Waals surface area contributed by atoms with Crippen LogP contribution in [0.1, 0.15) is 19.5 Å². The number of nitrogens with zero attached hydrogens (tertiary/aromatic N) is 2. The fraction of sp³-hybridized carbons (Fsp3) is 0.308. The first-order valence-electron chi connectivity index (χ1n) is 5.46. The van der Waals surface area contributed by atoms with Crippen LogP contribution in [0.2, 0.25) is 0 Å². The Morgan fingerprint density at radius 3 is 2.94 bits per heavy atom. The van der Waals surface area contributed by atoms with Gasteiger partial charge in [0.15, 0.2) is 0 Å². The molecule has 0 unspecified atom stereocenters. The molecule has 1 N–H and O–H groups in total. The highest BCUT2D eigenvalue weighted by atomic mass is 16.3. The Hall–Kier alpha value is -1.61. The van der Waals surface area contributed by atoms with Crippen LogP contribution in [0.15, 0.2) is 36.2 Å². The van der Waals surface area contributed by atoms with Gasteiger partial charge in [-0.05, 0) is 29.7 Å². The minimum Gasteiger partial charge on any atom is -0.392 e. The summed E-state index contributed by atoms with van der Waals surface area (Å²) in [7, 11) is 0. The smallest absolute Gasteiger partial charge is 0.137 e. The molecule has 3 nitrogen and oxygen atoms in total. The van der Waals surface area contributed by atoms with Crippen molar-refractivity contribution in [1.29, 1.82) is 0 Å². The van der Waals surface area contributed by atoms with Crippen molar-refractivity contribution in [2.45, 2.75) is 13.8 Å². The average Bonchev–Trinajstić information content (AvgIpc) is 2.67. The second-order valence-corrected chi connectivity index (χ2v) is 4.16. The minimum absolute atomic E-state index is 0.0888. The van der Waals surface area contributed by atoms with Crippen molar-refractivity contribution < 1.29 is 5.11 Å². The van der Waals surface area contributed by atoms with E-state index in [1.807, 2.05) is 41.1 Å². The monoisotopic (exact) mass is 216 g/mol. The molecule has 2 heterocycles. The lowest BCUT2D eigenvalue weighted by Gasteiger charge is -2.06. The van der Waals surface area contributed by atoms with Gasteiger partial charge in [-0.1, -0.05) is 19.9 Å². The third-order valence-corrected chi connectivity index (χ3v) is 2.64. The molecular weight excluding hydrogens is 200 g/mol. The lowest BCUT2D eigenvalue weighted by molar-refractivity contribution is 0.320. The first kappa shape index (κ1) is 10.9. The number of imidazole rings is 1. The number of aliphatic hydroxyl groups is 1. The molecule has 0 aliphatic carbocycles. The minimum atomic E-state index is 0.0888. The standard InChI is InChI=1S/C13H16N2O/c1-10(2)11(9-16)7-12-8-15-6-4-3-5-13(15)14-12/h3-8,10,16H,9H2,1-2H3. The molecule has 0 saturated heterocycles. The number of rotatable bonds is 3. The molecule has 2 aromatic heterocycles. The van der Waals surface area contributed by atoms with E-state index < -0.39 is 0 Å². The second kappa shape index (κ2) is 4.49. The van der Waals surface area contributed by atoms with Crippen LogP contribution in [-0.2, 0) is 0 Å². The Kier molecular flexibility index (Phi) is 3.06. The van der Waals surface area contributed by atoms with Gasteiger partial charge >= 0.3 is 0 Å². The predicted molar refractivity (Wildman–Crippen MR) is 65.1 cm³/mol. The fourth-order valence-corrected chi connectivity index (χ4v) is 1.61. The van der Waals surface area contributed by atoms with Crippen molar-refractivity contribution in [1.82, 2.24) is 9.38 Å². The van der Waals surface area contributed by atoms with E-state index >= 15 is 0 Å². The summed E-state index contributed by atoms with van der Waals surface area (Å²) in [5, 5.41) is 9.23. The summed E-state index contributed by atoms with van der Waals surface area (Å²) < 4.78 is 1.97. The topological polar surface area (TPSA) is 37.5 Å². The van der Waals surface area contributed by atoms with Gasteiger partial charge in [-0.15, -0.1) is 0 Å². The van der Waals surface area contributed by atoms with E-state index in [1.54, 1.807) is 0 Å². The van der Waals surface area contributed by atoms with E-state index in [2.05, 4.69) is 18.8 Å². The van der Waals surface area contributed by atoms with Crippen molar-refractivity contribution in [3.63, 3.8) is 0 Å². The Labute approximate surface area is 95.1 Å². The Morgan fingerprint density at radius 1 is 1.50 bits per heavy atom. The van der Waals surface area contributed by atoms with Crippen molar-refractivity contribution in [2.75, 3.05) is 6.61 Å². The summed E-state index contributed by atoms with van der Waals surface area (Å²) in [5.41, 5.74) is 2.82. The molecule has 84 valence electrons. The molecular formula is C13H16N2O. The van der Waals surface area contributed by atoms with Gasteiger partial charge in [0.2, 0.25) is 0 Å². The van der Waals surface area contributed by atoms with Crippen LogP contribution in [0.4, 0.5) is 0 Å². The highest BCUT2D eigenvalue weighted by molar-refractivity contribution is 5.54. The second-order valence-electron chi connectivity index (χ2n) is 4.16. The number of hydrogen-bond donors (Lipinski definition) is 1. The van der Waals surface area contributed by atoms with Crippen LogP contribution < -0.4 is 0 Å². The molecule has 0 aliphatic rings. The maximum absolute atomic E-state index is 9.23. The van der Waals surface area contributed by atoms with Gasteiger partial charge in [0.1, 0.15) is 5.65 Å². The Balaban J connectivity index is 2.40. The molecule has 0 fully saturated rings. The lowest BCUT2D eigenvalue weighted by atomic mass is 10.0. The Morgan fingerprint density at radius 2 is 2.31 bits per heavy atom. The molecule has 0 saturated carbocycles. The highest BCUT2D eigenvalue weighted by Gasteiger charge is 2.04. The van der Waals surface area contributed by atoms with Gasteiger partial charge in [-0.2, -0.15) is 0 Å². The number of pyridine rings is 1. The summed E-state index contributed by atoms with van der Waals surface area (Å²) in [6.07, 6.45) is 5.89. The number of fused-ring (bicyclic) bond motifs is 1. The summed E-state index contributed by atoms with van der Waals surface area (Å²) in [5.74, 6) is 0.342. The van der Waals surface area contributed by atoms with Crippen LogP contribution in [-0.4, -0.2) is 21.1 Å². The number of aromatic nitrogens is 2. The van der Waals surface area contributed by atoms with Crippen molar-refractivity contribution in [2.24, 2.45) is 5.92 Å². The summed E-state index contributed by atoms with van der Waals surface area (Å²) in [6, 6.07) is 5.90. The van der Waals surface area contributed by atoms with E-state index in [1.165, 1.54) is 0 Å². The third kappa shape index (κ3) is 2.14. The quantitative estimate of drug-likeness (QED) is 0.855. The van der Waals surface area contributed by atoms with Gasteiger partial charge in [0, 0.05) is 12.4 Å². The zero-order chi connectivity index (χ0) is 11.5. The summed E-state index contributed by atoms with van der Waals surface area (Å²) in [6.45, 7) is 4.22. The van der Waals surface area contributed by atoms with Gasteiger partial charge < -0.3 is 9.51 Å². The highest BCUT2D eigenvalue weighted by Crippen LogP contribution is 2.14. The SMILES string of the molecule is CC(C)C(=Cc1cn2ccccc2n1)CO. The molecule has 0 atom stereocenters. The van der Waals surface area contributed by atoms with Crippen LogP contribution in [0.5, 0.6) is 0 Å². The lowest BCUT2D eigenvalue weighted by Crippen LogP contribution is -1.98. The molecule has 16 heavy (non-hydrogen) atoms. The van der Waals surface area contributed by atoms with E-state index in [-0.39, 0.29) is 6.61 Å². The largest absolute Gasteiger partial charge is 0.392 e. The van der Waals surface area contributed by atoms with Crippen LogP contribution in [0, 0.1) is 5.92 Å². The van der Waals surface area contributed by atoms with Crippen molar-refractivity contribution >= 4 is 11.7 Å². The fourth-order valence-electron chi connectivity index (χ4n) is 1.61. The van der Waals surface area contributed by atoms with Crippen molar-refractivity contribution in [3.8, 4) is 0 Å². The van der Waals surface area contributed by atoms with Gasteiger partial charge in [-0.3, -0.25) is 0 Å². The molecule has 0 amide bonds. The number of hydrogen-bond acceptors (Lipinski definition) is 2. The normalized spacial score (nSPS) is 12.6. The molecule has 0 bridgehead atoms. The van der Waals surface area contributed by atoms with Crippen LogP contribution >= 0.6 is 0 Å². The van der Waals surface area contributed by atoms with Crippen LogP contribution in [0.25, 0.3) is 11.7 Å². The Bertz CT molecular complexity index is 478. The van der Waals surface area contributed by atoms with Crippen molar-refractivity contribution in [3.05, 3.63) is 41.9 Å². The molecule has 0 spiro atoms. The molecule has 3 heteroatoms. The van der Waals surface area contributed by atoms with E-state index in [9.17, 15) is 5.11 Å². The van der Waals surface area contributed by atoms with Gasteiger partial charge in [0.25, 0.3) is 0 Å². The predicted octanol–water partition coefficient (Wildman–Crippen LogP) is 2.37. The zero-order valence-corrected chi connectivity index (χ0v) is 9.59. The molecule has 2 aromatic rings. The average molecular weight is 216 g/mol. The van der Waals surface area contributed by atoms with E-state index in [0.29, 0.717) is 5.92 Å². The summed E-state index contributed by atoms with van der Waals surface area (Å²) >= 11 is 0. The maximum Gasteiger partial charge on any atom is 0.137 e. The molecule has 0 aromatic carbocycles. The zero-order valence-electron chi connectivity index (χ0n) is 9.59. The third-order valence-electron chi connectivity index (χ3n) is 2.64. The maximum atomic E-state index is 9.23. The van der Waals surface area contributed by atoms with Crippen LogP contribution in [0.3, 0.4) is 0 Å². The van der Waals surface area contributed by atoms with E-state index in [0.717, 1.165) is 16.9 Å². The molecule has 0 radical (unpaired) electrons. The molecule has 2 rings (SSSR count). The van der Waals surface area contributed by atoms with E-state index in [4.69, 9.17) is 0 Å². The number of aliphatic hydroxyl groups excluding tert-OH is 1. The molecule has 0 aliphatic heterocycles. The van der Waals surface area contributed by atoms with Gasteiger partial charge in [-0.25, -0.2) is 4.98 Å². The van der Waals surface area contributed by atoms with Gasteiger partial charge in [0.05, 0.1) is 12.3 Å². The first-order chi connectivity index (χ1) is 7.70.